The molecule has 3 rings (SSSR count). The number of nitrogens with one attached hydrogen (secondary N) is 1. The first kappa shape index (κ1) is 20.4. The van der Waals surface area contributed by atoms with Crippen LogP contribution in [0.1, 0.15) is 16.7 Å². The Morgan fingerprint density at radius 1 is 0.964 bits per heavy atom. The van der Waals surface area contributed by atoms with Crippen molar-refractivity contribution in [3.05, 3.63) is 94.0 Å². The average Bonchev–Trinajstić information content (AvgIpc) is 2.69. The van der Waals surface area contributed by atoms with E-state index in [1.54, 1.807) is 7.11 Å². The van der Waals surface area contributed by atoms with Gasteiger partial charge in [0.15, 0.2) is 5.11 Å². The monoisotopic (exact) mass is 454 g/mol. The number of methoxy groups -OCH3 is 1. The van der Waals surface area contributed by atoms with Crippen molar-refractivity contribution in [1.29, 1.82) is 0 Å². The molecule has 0 heterocycles. The third-order valence-electron chi connectivity index (χ3n) is 4.36. The Balaban J connectivity index is 1.83. The van der Waals surface area contributed by atoms with Gasteiger partial charge in [-0.3, -0.25) is 0 Å². The molecular formula is C23H23BrN2OS. The molecule has 0 fully saturated rings. The van der Waals surface area contributed by atoms with Crippen LogP contribution in [0.4, 0.5) is 5.69 Å². The normalized spacial score (nSPS) is 10.4. The van der Waals surface area contributed by atoms with Crippen molar-refractivity contribution in [3.63, 3.8) is 0 Å². The lowest BCUT2D eigenvalue weighted by molar-refractivity contribution is 0.409. The number of nitrogens with zero attached hydrogens (tertiary/aromatic N) is 1. The fourth-order valence-electron chi connectivity index (χ4n) is 2.95. The van der Waals surface area contributed by atoms with Crippen LogP contribution in [0.2, 0.25) is 0 Å². The van der Waals surface area contributed by atoms with Crippen LogP contribution in [0, 0.1) is 6.92 Å². The minimum Gasteiger partial charge on any atom is -0.495 e. The summed E-state index contributed by atoms with van der Waals surface area (Å²) in [4.78, 5) is 2.16. The first-order chi connectivity index (χ1) is 13.5. The Hall–Kier alpha value is -2.37. The molecule has 0 amide bonds. The maximum absolute atomic E-state index is 5.78. The number of anilines is 1. The number of ether oxygens (including phenoxy) is 1. The van der Waals surface area contributed by atoms with E-state index in [1.807, 2.05) is 55.5 Å². The second kappa shape index (κ2) is 9.71. The molecule has 0 aliphatic carbocycles. The van der Waals surface area contributed by atoms with Crippen molar-refractivity contribution in [2.24, 2.45) is 0 Å². The summed E-state index contributed by atoms with van der Waals surface area (Å²) in [6, 6.07) is 24.7. The Bertz CT molecular complexity index is 946. The van der Waals surface area contributed by atoms with E-state index < -0.39 is 0 Å². The summed E-state index contributed by atoms with van der Waals surface area (Å²) in [5, 5.41) is 4.02. The largest absolute Gasteiger partial charge is 0.495 e. The van der Waals surface area contributed by atoms with Gasteiger partial charge in [0.1, 0.15) is 5.75 Å². The third-order valence-corrected chi connectivity index (χ3v) is 5.22. The zero-order valence-electron chi connectivity index (χ0n) is 16.0. The van der Waals surface area contributed by atoms with Gasteiger partial charge in [-0.25, -0.2) is 0 Å². The first-order valence-electron chi connectivity index (χ1n) is 9.04. The van der Waals surface area contributed by atoms with Crippen LogP contribution < -0.4 is 10.1 Å². The molecule has 0 aromatic heterocycles. The van der Waals surface area contributed by atoms with Crippen LogP contribution in [-0.2, 0) is 13.1 Å². The summed E-state index contributed by atoms with van der Waals surface area (Å²) in [5.74, 6) is 0.782. The molecule has 0 radical (unpaired) electrons. The molecule has 1 N–H and O–H groups in total. The van der Waals surface area contributed by atoms with Gasteiger partial charge in [0.2, 0.25) is 0 Å². The number of halogens is 1. The van der Waals surface area contributed by atoms with Crippen molar-refractivity contribution < 1.29 is 4.74 Å². The van der Waals surface area contributed by atoms with Crippen molar-refractivity contribution in [2.45, 2.75) is 20.0 Å². The molecule has 0 unspecified atom stereocenters. The molecule has 3 aromatic carbocycles. The molecule has 0 spiro atoms. The standard InChI is InChI=1S/C23H23BrN2OS/c1-17-11-12-21(22(13-17)27-2)25-23(28)26(15-18-7-4-3-5-8-18)16-19-9-6-10-20(24)14-19/h3-14H,15-16H2,1-2H3,(H,25,28). The Kier molecular flexibility index (Phi) is 7.06. The molecule has 0 saturated heterocycles. The first-order valence-corrected chi connectivity index (χ1v) is 10.2. The van der Waals surface area contributed by atoms with Crippen LogP contribution >= 0.6 is 28.1 Å². The third kappa shape index (κ3) is 5.57. The number of hydrogen-bond donors (Lipinski definition) is 1. The quantitative estimate of drug-likeness (QED) is 0.450. The molecule has 0 bridgehead atoms. The van der Waals surface area contributed by atoms with Gasteiger partial charge in [0.25, 0.3) is 0 Å². The molecule has 0 saturated carbocycles. The zero-order chi connectivity index (χ0) is 19.9. The van der Waals surface area contributed by atoms with Gasteiger partial charge in [-0.1, -0.05) is 64.5 Å². The molecule has 3 nitrogen and oxygen atoms in total. The lowest BCUT2D eigenvalue weighted by atomic mass is 10.1. The van der Waals surface area contributed by atoms with Gasteiger partial charge in [-0.05, 0) is 60.1 Å². The summed E-state index contributed by atoms with van der Waals surface area (Å²) in [7, 11) is 1.67. The number of aryl methyl sites for hydroxylation is 1. The van der Waals surface area contributed by atoms with Gasteiger partial charge in [-0.2, -0.15) is 0 Å². The topological polar surface area (TPSA) is 24.5 Å². The minimum absolute atomic E-state index is 0.658. The summed E-state index contributed by atoms with van der Waals surface area (Å²) < 4.78 is 6.57. The van der Waals surface area contributed by atoms with E-state index in [1.165, 1.54) is 11.1 Å². The highest BCUT2D eigenvalue weighted by Crippen LogP contribution is 2.26. The van der Waals surface area contributed by atoms with E-state index in [-0.39, 0.29) is 0 Å². The Morgan fingerprint density at radius 2 is 1.68 bits per heavy atom. The van der Waals surface area contributed by atoms with E-state index in [0.29, 0.717) is 18.2 Å². The summed E-state index contributed by atoms with van der Waals surface area (Å²) in [5.41, 5.74) is 4.40. The van der Waals surface area contributed by atoms with E-state index >= 15 is 0 Å². The van der Waals surface area contributed by atoms with Crippen molar-refractivity contribution in [1.82, 2.24) is 4.90 Å². The number of thiocarbonyl (C=S) groups is 1. The van der Waals surface area contributed by atoms with Gasteiger partial charge in [0.05, 0.1) is 12.8 Å². The summed E-state index contributed by atoms with van der Waals surface area (Å²) >= 11 is 9.33. The summed E-state index contributed by atoms with van der Waals surface area (Å²) in [6.07, 6.45) is 0. The Labute approximate surface area is 180 Å². The minimum atomic E-state index is 0.658. The molecule has 144 valence electrons. The fraction of sp³-hybridized carbons (Fsp3) is 0.174. The highest BCUT2D eigenvalue weighted by Gasteiger charge is 2.14. The van der Waals surface area contributed by atoms with E-state index in [9.17, 15) is 0 Å². The van der Waals surface area contributed by atoms with Gasteiger partial charge < -0.3 is 15.0 Å². The van der Waals surface area contributed by atoms with Crippen molar-refractivity contribution in [2.75, 3.05) is 12.4 Å². The highest BCUT2D eigenvalue weighted by molar-refractivity contribution is 9.10. The Morgan fingerprint density at radius 3 is 2.39 bits per heavy atom. The SMILES string of the molecule is COc1cc(C)ccc1NC(=S)N(Cc1ccccc1)Cc1cccc(Br)c1. The number of hydrogen-bond acceptors (Lipinski definition) is 2. The molecule has 5 heteroatoms. The maximum Gasteiger partial charge on any atom is 0.174 e. The molecular weight excluding hydrogens is 432 g/mol. The van der Waals surface area contributed by atoms with Crippen molar-refractivity contribution in [3.8, 4) is 5.75 Å². The van der Waals surface area contributed by atoms with Gasteiger partial charge in [0, 0.05) is 17.6 Å². The summed E-state index contributed by atoms with van der Waals surface area (Å²) in [6.45, 7) is 3.46. The average molecular weight is 455 g/mol. The van der Waals surface area contributed by atoms with Crippen molar-refractivity contribution >= 4 is 38.9 Å². The lowest BCUT2D eigenvalue weighted by Crippen LogP contribution is -2.34. The molecule has 0 atom stereocenters. The predicted octanol–water partition coefficient (Wildman–Crippen LogP) is 6.17. The smallest absolute Gasteiger partial charge is 0.174 e. The van der Waals surface area contributed by atoms with E-state index in [2.05, 4.69) is 50.4 Å². The van der Waals surface area contributed by atoms with E-state index in [4.69, 9.17) is 17.0 Å². The maximum atomic E-state index is 5.78. The van der Waals surface area contributed by atoms with Crippen LogP contribution in [0.3, 0.4) is 0 Å². The predicted molar refractivity (Wildman–Crippen MR) is 124 cm³/mol. The molecule has 3 aromatic rings. The molecule has 28 heavy (non-hydrogen) atoms. The second-order valence-electron chi connectivity index (χ2n) is 6.61. The molecule has 0 aliphatic rings. The fourth-order valence-corrected chi connectivity index (χ4v) is 3.64. The van der Waals surface area contributed by atoms with Gasteiger partial charge >= 0.3 is 0 Å². The molecule has 0 aliphatic heterocycles. The lowest BCUT2D eigenvalue weighted by Gasteiger charge is -2.27. The van der Waals surface area contributed by atoms with Crippen LogP contribution in [0.5, 0.6) is 5.75 Å². The van der Waals surface area contributed by atoms with Crippen LogP contribution in [-0.4, -0.2) is 17.1 Å². The number of rotatable bonds is 6. The zero-order valence-corrected chi connectivity index (χ0v) is 18.4. The van der Waals surface area contributed by atoms with Crippen LogP contribution in [0.15, 0.2) is 77.3 Å². The van der Waals surface area contributed by atoms with Crippen LogP contribution in [0.25, 0.3) is 0 Å². The highest BCUT2D eigenvalue weighted by atomic mass is 79.9. The second-order valence-corrected chi connectivity index (χ2v) is 7.91. The number of benzene rings is 3. The van der Waals surface area contributed by atoms with E-state index in [0.717, 1.165) is 21.5 Å². The van der Waals surface area contributed by atoms with Gasteiger partial charge in [-0.15, -0.1) is 0 Å².